The molecule has 124 valence electrons. The SMILES string of the molecule is COC(=O)c1cc(O[C@H](C)[C@H](C)O)cc(-c2ncc(C)s2)c1F. The standard InChI is InChI=1S/C16H18FNO4S/c1-8-7-18-15(23-8)12-5-11(22-10(3)9(2)19)6-13(14(12)17)16(20)21-4/h5-7,9-10,19H,1-4H3/t9-,10+/m0/s1. The number of carbonyl (C=O) groups excluding carboxylic acids is 1. The molecule has 0 amide bonds. The molecule has 1 aromatic heterocycles. The molecule has 2 aromatic rings. The maximum Gasteiger partial charge on any atom is 0.341 e. The minimum atomic E-state index is -0.799. The quantitative estimate of drug-likeness (QED) is 0.847. The summed E-state index contributed by atoms with van der Waals surface area (Å²) in [6.07, 6.45) is 0.396. The Bertz CT molecular complexity index is 714. The van der Waals surface area contributed by atoms with Crippen LogP contribution in [0.3, 0.4) is 0 Å². The number of methoxy groups -OCH3 is 1. The van der Waals surface area contributed by atoms with E-state index in [-0.39, 0.29) is 16.9 Å². The molecule has 0 unspecified atom stereocenters. The van der Waals surface area contributed by atoms with Gasteiger partial charge in [0.05, 0.1) is 24.3 Å². The first-order valence-corrected chi connectivity index (χ1v) is 7.84. The number of thiazole rings is 1. The molecule has 0 aliphatic rings. The second-order valence-corrected chi connectivity index (χ2v) is 6.40. The highest BCUT2D eigenvalue weighted by Crippen LogP contribution is 2.33. The number of benzene rings is 1. The lowest BCUT2D eigenvalue weighted by Gasteiger charge is -2.18. The number of aryl methyl sites for hydroxylation is 1. The van der Waals surface area contributed by atoms with E-state index in [0.29, 0.717) is 5.01 Å². The molecule has 2 rings (SSSR count). The molecule has 7 heteroatoms. The van der Waals surface area contributed by atoms with Crippen LogP contribution in [0.2, 0.25) is 0 Å². The average molecular weight is 339 g/mol. The number of rotatable bonds is 5. The Morgan fingerprint density at radius 1 is 1.39 bits per heavy atom. The summed E-state index contributed by atoms with van der Waals surface area (Å²) in [6.45, 7) is 5.12. The van der Waals surface area contributed by atoms with Crippen molar-refractivity contribution in [2.24, 2.45) is 0 Å². The molecule has 0 bridgehead atoms. The van der Waals surface area contributed by atoms with Crippen molar-refractivity contribution in [1.29, 1.82) is 0 Å². The van der Waals surface area contributed by atoms with Crippen molar-refractivity contribution in [1.82, 2.24) is 4.98 Å². The summed E-state index contributed by atoms with van der Waals surface area (Å²) in [5, 5.41) is 9.99. The summed E-state index contributed by atoms with van der Waals surface area (Å²) in [4.78, 5) is 16.9. The zero-order valence-corrected chi connectivity index (χ0v) is 14.1. The maximum absolute atomic E-state index is 14.6. The lowest BCUT2D eigenvalue weighted by Crippen LogP contribution is -2.25. The molecule has 1 heterocycles. The van der Waals surface area contributed by atoms with Crippen LogP contribution < -0.4 is 4.74 Å². The van der Waals surface area contributed by atoms with Crippen molar-refractivity contribution < 1.29 is 23.8 Å². The van der Waals surface area contributed by atoms with Gasteiger partial charge in [0.15, 0.2) is 0 Å². The molecule has 0 saturated carbocycles. The van der Waals surface area contributed by atoms with Gasteiger partial charge in [-0.05, 0) is 32.9 Å². The van der Waals surface area contributed by atoms with E-state index < -0.39 is 24.0 Å². The minimum Gasteiger partial charge on any atom is -0.488 e. The molecular formula is C16H18FNO4S. The summed E-state index contributed by atoms with van der Waals surface area (Å²) in [5.74, 6) is -1.24. The maximum atomic E-state index is 14.6. The van der Waals surface area contributed by atoms with E-state index in [1.165, 1.54) is 30.6 Å². The van der Waals surface area contributed by atoms with Gasteiger partial charge in [-0.3, -0.25) is 0 Å². The number of aliphatic hydroxyl groups is 1. The fourth-order valence-electron chi connectivity index (χ4n) is 1.87. The Balaban J connectivity index is 2.54. The van der Waals surface area contributed by atoms with Gasteiger partial charge >= 0.3 is 5.97 Å². The van der Waals surface area contributed by atoms with Gasteiger partial charge in [-0.15, -0.1) is 11.3 Å². The predicted molar refractivity (Wildman–Crippen MR) is 85.4 cm³/mol. The van der Waals surface area contributed by atoms with E-state index in [1.807, 2.05) is 6.92 Å². The molecule has 2 atom stereocenters. The Kier molecular flexibility index (Phi) is 5.33. The average Bonchev–Trinajstić information content (AvgIpc) is 2.94. The summed E-state index contributed by atoms with van der Waals surface area (Å²) in [7, 11) is 1.18. The van der Waals surface area contributed by atoms with Gasteiger partial charge in [0.1, 0.15) is 22.7 Å². The number of nitrogens with zero attached hydrogens (tertiary/aromatic N) is 1. The molecule has 5 nitrogen and oxygen atoms in total. The Hall–Kier alpha value is -1.99. The zero-order chi connectivity index (χ0) is 17.1. The third kappa shape index (κ3) is 3.86. The van der Waals surface area contributed by atoms with E-state index in [4.69, 9.17) is 4.74 Å². The number of hydrogen-bond donors (Lipinski definition) is 1. The predicted octanol–water partition coefficient (Wildman–Crippen LogP) is 3.19. The first kappa shape index (κ1) is 17.4. The zero-order valence-electron chi connectivity index (χ0n) is 13.3. The van der Waals surface area contributed by atoms with Crippen LogP contribution in [-0.2, 0) is 4.74 Å². The minimum absolute atomic E-state index is 0.166. The summed E-state index contributed by atoms with van der Waals surface area (Å²) in [6, 6.07) is 2.74. The number of esters is 1. The second kappa shape index (κ2) is 7.06. The topological polar surface area (TPSA) is 68.7 Å². The molecule has 1 aromatic carbocycles. The highest BCUT2D eigenvalue weighted by Gasteiger charge is 2.22. The molecule has 0 fully saturated rings. The number of carbonyl (C=O) groups is 1. The van der Waals surface area contributed by atoms with Crippen molar-refractivity contribution in [3.05, 3.63) is 34.6 Å². The fourth-order valence-corrected chi connectivity index (χ4v) is 2.65. The number of aromatic nitrogens is 1. The molecule has 23 heavy (non-hydrogen) atoms. The summed E-state index contributed by atoms with van der Waals surface area (Å²) in [5.41, 5.74) is -0.0653. The van der Waals surface area contributed by atoms with Gasteiger partial charge in [-0.25, -0.2) is 14.2 Å². The normalized spacial score (nSPS) is 13.5. The third-order valence-corrected chi connectivity index (χ3v) is 4.25. The van der Waals surface area contributed by atoms with Crippen LogP contribution in [0.1, 0.15) is 29.1 Å². The molecule has 0 saturated heterocycles. The van der Waals surface area contributed by atoms with Crippen molar-refractivity contribution in [2.75, 3.05) is 7.11 Å². The number of ether oxygens (including phenoxy) is 2. The summed E-state index contributed by atoms with van der Waals surface area (Å²) >= 11 is 1.31. The Morgan fingerprint density at radius 3 is 2.61 bits per heavy atom. The largest absolute Gasteiger partial charge is 0.488 e. The monoisotopic (exact) mass is 339 g/mol. The van der Waals surface area contributed by atoms with E-state index in [1.54, 1.807) is 20.0 Å². The van der Waals surface area contributed by atoms with Gasteiger partial charge in [-0.1, -0.05) is 0 Å². The van der Waals surface area contributed by atoms with Crippen LogP contribution in [0.5, 0.6) is 5.75 Å². The first-order valence-electron chi connectivity index (χ1n) is 7.02. The Morgan fingerprint density at radius 2 is 2.09 bits per heavy atom. The van der Waals surface area contributed by atoms with E-state index >= 15 is 0 Å². The van der Waals surface area contributed by atoms with Crippen LogP contribution in [0.15, 0.2) is 18.3 Å². The molecule has 0 spiro atoms. The van der Waals surface area contributed by atoms with Gasteiger partial charge in [-0.2, -0.15) is 0 Å². The highest BCUT2D eigenvalue weighted by molar-refractivity contribution is 7.14. The molecule has 0 aliphatic carbocycles. The van der Waals surface area contributed by atoms with E-state index in [2.05, 4.69) is 9.72 Å². The number of hydrogen-bond acceptors (Lipinski definition) is 6. The third-order valence-electron chi connectivity index (χ3n) is 3.30. The number of aliphatic hydroxyl groups excluding tert-OH is 1. The van der Waals surface area contributed by atoms with Gasteiger partial charge in [0.2, 0.25) is 0 Å². The molecule has 0 radical (unpaired) electrons. The molecule has 1 N–H and O–H groups in total. The first-order chi connectivity index (χ1) is 10.8. The van der Waals surface area contributed by atoms with Gasteiger partial charge < -0.3 is 14.6 Å². The van der Waals surface area contributed by atoms with Crippen LogP contribution >= 0.6 is 11.3 Å². The van der Waals surface area contributed by atoms with Crippen molar-refractivity contribution in [3.63, 3.8) is 0 Å². The second-order valence-electron chi connectivity index (χ2n) is 5.16. The van der Waals surface area contributed by atoms with Crippen molar-refractivity contribution in [3.8, 4) is 16.3 Å². The number of halogens is 1. The molecule has 0 aliphatic heterocycles. The lowest BCUT2D eigenvalue weighted by atomic mass is 10.1. The van der Waals surface area contributed by atoms with Crippen LogP contribution in [0.4, 0.5) is 4.39 Å². The van der Waals surface area contributed by atoms with Crippen molar-refractivity contribution in [2.45, 2.75) is 33.0 Å². The van der Waals surface area contributed by atoms with Crippen LogP contribution in [-0.4, -0.2) is 35.4 Å². The lowest BCUT2D eigenvalue weighted by molar-refractivity contribution is 0.0577. The van der Waals surface area contributed by atoms with E-state index in [0.717, 1.165) is 4.88 Å². The smallest absolute Gasteiger partial charge is 0.341 e. The van der Waals surface area contributed by atoms with Crippen molar-refractivity contribution >= 4 is 17.3 Å². The van der Waals surface area contributed by atoms with Crippen LogP contribution in [0, 0.1) is 12.7 Å². The van der Waals surface area contributed by atoms with Gasteiger partial charge in [0.25, 0.3) is 0 Å². The fraction of sp³-hybridized carbons (Fsp3) is 0.375. The van der Waals surface area contributed by atoms with Gasteiger partial charge in [0, 0.05) is 11.1 Å². The highest BCUT2D eigenvalue weighted by atomic mass is 32.1. The van der Waals surface area contributed by atoms with E-state index in [9.17, 15) is 14.3 Å². The van der Waals surface area contributed by atoms with Crippen LogP contribution in [0.25, 0.3) is 10.6 Å². The summed E-state index contributed by atoms with van der Waals surface area (Å²) < 4.78 is 24.8. The Labute approximate surface area is 137 Å². The molecular weight excluding hydrogens is 321 g/mol.